The Kier molecular flexibility index (Phi) is 7.05. The highest BCUT2D eigenvalue weighted by Crippen LogP contribution is 2.27. The van der Waals surface area contributed by atoms with E-state index in [9.17, 15) is 13.2 Å². The molecule has 0 bridgehead atoms. The van der Waals surface area contributed by atoms with Crippen LogP contribution in [-0.4, -0.2) is 57.9 Å². The lowest BCUT2D eigenvalue weighted by atomic mass is 10.3. The van der Waals surface area contributed by atoms with Crippen LogP contribution in [0, 0.1) is 0 Å². The number of anilines is 1. The summed E-state index contributed by atoms with van der Waals surface area (Å²) in [5.41, 5.74) is 0.532. The predicted molar refractivity (Wildman–Crippen MR) is 113 cm³/mol. The molecule has 2 aromatic carbocycles. The van der Waals surface area contributed by atoms with E-state index in [4.69, 9.17) is 9.47 Å². The molecule has 0 aliphatic carbocycles. The smallest absolute Gasteiger partial charge is 0.263 e. The third-order valence-electron chi connectivity index (χ3n) is 4.47. The van der Waals surface area contributed by atoms with Crippen molar-refractivity contribution in [1.29, 1.82) is 0 Å². The van der Waals surface area contributed by atoms with Gasteiger partial charge in [0.1, 0.15) is 5.75 Å². The molecule has 7 nitrogen and oxygen atoms in total. The summed E-state index contributed by atoms with van der Waals surface area (Å²) in [7, 11) is -3.73. The van der Waals surface area contributed by atoms with Crippen molar-refractivity contribution in [2.24, 2.45) is 0 Å². The Morgan fingerprint density at radius 1 is 1.14 bits per heavy atom. The average molecular weight is 437 g/mol. The lowest BCUT2D eigenvalue weighted by molar-refractivity contribution is -0.142. The lowest BCUT2D eigenvalue weighted by Crippen LogP contribution is -2.46. The SMILES string of the molecule is CSc1ccccc1NS(=O)(=O)c1ccc(O[C@H](C)C(=O)N2CCOCC2)cc1. The van der Waals surface area contributed by atoms with Crippen LogP contribution < -0.4 is 9.46 Å². The number of ether oxygens (including phenoxy) is 2. The predicted octanol–water partition coefficient (Wildman–Crippen LogP) is 2.84. The van der Waals surface area contributed by atoms with Gasteiger partial charge in [0, 0.05) is 18.0 Å². The maximum absolute atomic E-state index is 12.7. The molecule has 2 aromatic rings. The molecule has 1 fully saturated rings. The molecule has 156 valence electrons. The van der Waals surface area contributed by atoms with Gasteiger partial charge >= 0.3 is 0 Å². The minimum atomic E-state index is -3.73. The Bertz CT molecular complexity index is 942. The molecule has 1 aliphatic rings. The fraction of sp³-hybridized carbons (Fsp3) is 0.350. The highest BCUT2D eigenvalue weighted by molar-refractivity contribution is 7.99. The lowest BCUT2D eigenvalue weighted by Gasteiger charge is -2.29. The first-order valence-corrected chi connectivity index (χ1v) is 11.9. The first-order valence-electron chi connectivity index (χ1n) is 9.20. The molecular weight excluding hydrogens is 412 g/mol. The van der Waals surface area contributed by atoms with Gasteiger partial charge in [-0.3, -0.25) is 9.52 Å². The van der Waals surface area contributed by atoms with Crippen molar-refractivity contribution in [2.45, 2.75) is 22.8 Å². The number of rotatable bonds is 7. The van der Waals surface area contributed by atoms with Crippen LogP contribution in [0.3, 0.4) is 0 Å². The summed E-state index contributed by atoms with van der Waals surface area (Å²) in [5.74, 6) is 0.322. The van der Waals surface area contributed by atoms with Crippen LogP contribution in [-0.2, 0) is 19.6 Å². The van der Waals surface area contributed by atoms with Crippen LogP contribution in [0.2, 0.25) is 0 Å². The van der Waals surface area contributed by atoms with Crippen LogP contribution in [0.25, 0.3) is 0 Å². The Balaban J connectivity index is 1.66. The molecule has 29 heavy (non-hydrogen) atoms. The van der Waals surface area contributed by atoms with Crippen molar-refractivity contribution in [3.63, 3.8) is 0 Å². The number of nitrogens with one attached hydrogen (secondary N) is 1. The van der Waals surface area contributed by atoms with Gasteiger partial charge in [0.05, 0.1) is 23.8 Å². The highest BCUT2D eigenvalue weighted by Gasteiger charge is 2.24. The van der Waals surface area contributed by atoms with E-state index in [1.165, 1.54) is 23.9 Å². The molecule has 9 heteroatoms. The highest BCUT2D eigenvalue weighted by atomic mass is 32.2. The maximum Gasteiger partial charge on any atom is 0.263 e. The number of carbonyl (C=O) groups is 1. The summed E-state index contributed by atoms with van der Waals surface area (Å²) >= 11 is 1.46. The van der Waals surface area contributed by atoms with Gasteiger partial charge in [0.25, 0.3) is 15.9 Å². The minimum Gasteiger partial charge on any atom is -0.481 e. The maximum atomic E-state index is 12.7. The van der Waals surface area contributed by atoms with Gasteiger partial charge in [-0.2, -0.15) is 0 Å². The second-order valence-electron chi connectivity index (χ2n) is 6.47. The second kappa shape index (κ2) is 9.51. The van der Waals surface area contributed by atoms with Gasteiger partial charge in [-0.05, 0) is 49.6 Å². The van der Waals surface area contributed by atoms with Crippen LogP contribution in [0.5, 0.6) is 5.75 Å². The summed E-state index contributed by atoms with van der Waals surface area (Å²) < 4.78 is 38.9. The van der Waals surface area contributed by atoms with Crippen LogP contribution in [0.4, 0.5) is 5.69 Å². The van der Waals surface area contributed by atoms with E-state index in [0.29, 0.717) is 37.7 Å². The second-order valence-corrected chi connectivity index (χ2v) is 9.01. The Labute approximate surface area is 175 Å². The molecular formula is C20H24N2O5S2. The van der Waals surface area contributed by atoms with Gasteiger partial charge in [0.15, 0.2) is 6.10 Å². The molecule has 0 spiro atoms. The molecule has 1 amide bonds. The Hall–Kier alpha value is -2.23. The first-order chi connectivity index (χ1) is 13.9. The number of hydrogen-bond donors (Lipinski definition) is 1. The van der Waals surface area contributed by atoms with Crippen molar-refractivity contribution in [2.75, 3.05) is 37.3 Å². The molecule has 3 rings (SSSR count). The van der Waals surface area contributed by atoms with Gasteiger partial charge in [0.2, 0.25) is 0 Å². The first kappa shape index (κ1) is 21.5. The molecule has 1 atom stereocenters. The summed E-state index contributed by atoms with van der Waals surface area (Å²) in [6, 6.07) is 13.2. The van der Waals surface area contributed by atoms with Gasteiger partial charge in [-0.1, -0.05) is 12.1 Å². The molecule has 1 N–H and O–H groups in total. The normalized spacial score (nSPS) is 15.6. The van der Waals surface area contributed by atoms with Crippen molar-refractivity contribution in [1.82, 2.24) is 4.90 Å². The van der Waals surface area contributed by atoms with E-state index in [-0.39, 0.29) is 10.8 Å². The summed E-state index contributed by atoms with van der Waals surface area (Å²) in [4.78, 5) is 15.1. The molecule has 1 heterocycles. The number of carbonyl (C=O) groups excluding carboxylic acids is 1. The van der Waals surface area contributed by atoms with Crippen LogP contribution in [0.15, 0.2) is 58.3 Å². The number of amides is 1. The third kappa shape index (κ3) is 5.43. The van der Waals surface area contributed by atoms with Crippen LogP contribution in [0.1, 0.15) is 6.92 Å². The van der Waals surface area contributed by atoms with Crippen LogP contribution >= 0.6 is 11.8 Å². The van der Waals surface area contributed by atoms with Crippen molar-refractivity contribution in [3.8, 4) is 5.75 Å². The molecule has 0 aromatic heterocycles. The van der Waals surface area contributed by atoms with E-state index in [2.05, 4.69) is 4.72 Å². The largest absolute Gasteiger partial charge is 0.481 e. The topological polar surface area (TPSA) is 84.9 Å². The molecule has 1 saturated heterocycles. The minimum absolute atomic E-state index is 0.111. The van der Waals surface area contributed by atoms with E-state index in [0.717, 1.165) is 4.90 Å². The number of sulfonamides is 1. The molecule has 0 radical (unpaired) electrons. The van der Waals surface area contributed by atoms with Crippen molar-refractivity contribution < 1.29 is 22.7 Å². The fourth-order valence-electron chi connectivity index (χ4n) is 2.93. The quantitative estimate of drug-likeness (QED) is 0.672. The molecule has 1 aliphatic heterocycles. The average Bonchev–Trinajstić information content (AvgIpc) is 2.74. The van der Waals surface area contributed by atoms with E-state index < -0.39 is 16.1 Å². The molecule has 0 saturated carbocycles. The molecule has 0 unspecified atom stereocenters. The van der Waals surface area contributed by atoms with Crippen molar-refractivity contribution >= 4 is 33.4 Å². The zero-order chi connectivity index (χ0) is 20.9. The Morgan fingerprint density at radius 3 is 2.45 bits per heavy atom. The number of nitrogens with zero attached hydrogens (tertiary/aromatic N) is 1. The number of morpholine rings is 1. The standard InChI is InChI=1S/C20H24N2O5S2/c1-15(20(23)22-11-13-26-14-12-22)27-16-7-9-17(10-8-16)29(24,25)21-18-5-3-4-6-19(18)28-2/h3-10,15,21H,11-14H2,1-2H3/t15-/m1/s1. The number of hydrogen-bond acceptors (Lipinski definition) is 6. The zero-order valence-corrected chi connectivity index (χ0v) is 18.0. The van der Waals surface area contributed by atoms with E-state index in [1.807, 2.05) is 18.4 Å². The van der Waals surface area contributed by atoms with E-state index in [1.54, 1.807) is 36.1 Å². The Morgan fingerprint density at radius 2 is 1.79 bits per heavy atom. The number of thioether (sulfide) groups is 1. The fourth-order valence-corrected chi connectivity index (χ4v) is 4.62. The monoisotopic (exact) mass is 436 g/mol. The van der Waals surface area contributed by atoms with E-state index >= 15 is 0 Å². The number of para-hydroxylation sites is 1. The summed E-state index contributed by atoms with van der Waals surface area (Å²) in [6.07, 6.45) is 1.22. The summed E-state index contributed by atoms with van der Waals surface area (Å²) in [6.45, 7) is 3.83. The third-order valence-corrected chi connectivity index (χ3v) is 6.65. The van der Waals surface area contributed by atoms with Gasteiger partial charge < -0.3 is 14.4 Å². The van der Waals surface area contributed by atoms with Crippen molar-refractivity contribution in [3.05, 3.63) is 48.5 Å². The zero-order valence-electron chi connectivity index (χ0n) is 16.3. The van der Waals surface area contributed by atoms with Gasteiger partial charge in [-0.15, -0.1) is 11.8 Å². The van der Waals surface area contributed by atoms with Gasteiger partial charge in [-0.25, -0.2) is 8.42 Å². The summed E-state index contributed by atoms with van der Waals surface area (Å²) in [5, 5.41) is 0. The number of benzene rings is 2.